The van der Waals surface area contributed by atoms with Crippen LogP contribution in [0, 0.1) is 11.3 Å². The van der Waals surface area contributed by atoms with Crippen molar-refractivity contribution in [1.82, 2.24) is 9.97 Å². The number of carboxylic acids is 1. The van der Waals surface area contributed by atoms with Gasteiger partial charge in [-0.1, -0.05) is 27.7 Å². The van der Waals surface area contributed by atoms with Crippen molar-refractivity contribution in [1.29, 1.82) is 0 Å². The highest BCUT2D eigenvalue weighted by Crippen LogP contribution is 2.51. The van der Waals surface area contributed by atoms with Gasteiger partial charge in [-0.25, -0.2) is 14.8 Å². The van der Waals surface area contributed by atoms with Gasteiger partial charge in [-0.2, -0.15) is 0 Å². The van der Waals surface area contributed by atoms with Crippen LogP contribution < -0.4 is 5.32 Å². The average molecular weight is 277 g/mol. The van der Waals surface area contributed by atoms with E-state index >= 15 is 0 Å². The molecule has 20 heavy (non-hydrogen) atoms. The first-order chi connectivity index (χ1) is 9.35. The van der Waals surface area contributed by atoms with Crippen LogP contribution in [0.4, 0.5) is 5.69 Å². The molecule has 5 nitrogen and oxygen atoms in total. The number of aromatic nitrogens is 2. The van der Waals surface area contributed by atoms with Crippen LogP contribution in [0.1, 0.15) is 62.8 Å². The Morgan fingerprint density at radius 3 is 2.50 bits per heavy atom. The third-order valence-corrected chi connectivity index (χ3v) is 4.27. The topological polar surface area (TPSA) is 75.1 Å². The second-order valence-electron chi connectivity index (χ2n) is 6.32. The molecule has 0 bridgehead atoms. The quantitative estimate of drug-likeness (QED) is 0.835. The van der Waals surface area contributed by atoms with E-state index in [2.05, 4.69) is 29.1 Å². The number of nitrogens with zero attached hydrogens (tertiary/aromatic N) is 2. The Balaban J connectivity index is 2.17. The van der Waals surface area contributed by atoms with Gasteiger partial charge in [0.05, 0.1) is 11.9 Å². The Bertz CT molecular complexity index is 508. The zero-order valence-electron chi connectivity index (χ0n) is 12.6. The summed E-state index contributed by atoms with van der Waals surface area (Å²) in [5.41, 5.74) is 0.907. The molecule has 5 heteroatoms. The molecule has 1 aliphatic carbocycles. The lowest BCUT2D eigenvalue weighted by Crippen LogP contribution is -2.22. The number of anilines is 1. The summed E-state index contributed by atoms with van der Waals surface area (Å²) in [6.07, 6.45) is 4.00. The molecule has 0 aromatic carbocycles. The van der Waals surface area contributed by atoms with E-state index in [0.717, 1.165) is 6.54 Å². The Morgan fingerprint density at radius 2 is 2.05 bits per heavy atom. The Labute approximate surface area is 119 Å². The van der Waals surface area contributed by atoms with Gasteiger partial charge in [-0.3, -0.25) is 0 Å². The summed E-state index contributed by atoms with van der Waals surface area (Å²) in [4.78, 5) is 19.8. The summed E-state index contributed by atoms with van der Waals surface area (Å²) < 4.78 is 0. The lowest BCUT2D eigenvalue weighted by Gasteiger charge is -2.21. The molecule has 0 spiro atoms. The molecule has 110 valence electrons. The molecule has 0 unspecified atom stereocenters. The van der Waals surface area contributed by atoms with E-state index in [4.69, 9.17) is 0 Å². The van der Waals surface area contributed by atoms with Crippen molar-refractivity contribution >= 4 is 11.7 Å². The minimum atomic E-state index is -1.01. The predicted molar refractivity (Wildman–Crippen MR) is 78.1 cm³/mol. The first kappa shape index (κ1) is 14.8. The monoisotopic (exact) mass is 277 g/mol. The largest absolute Gasteiger partial charge is 0.476 e. The van der Waals surface area contributed by atoms with Gasteiger partial charge >= 0.3 is 5.97 Å². The first-order valence-electron chi connectivity index (χ1n) is 7.20. The average Bonchev–Trinajstić information content (AvgIpc) is 3.17. The zero-order valence-corrected chi connectivity index (χ0v) is 12.6. The Morgan fingerprint density at radius 1 is 1.40 bits per heavy atom. The molecule has 0 aliphatic heterocycles. The zero-order chi connectivity index (χ0) is 14.9. The summed E-state index contributed by atoms with van der Waals surface area (Å²) >= 11 is 0. The summed E-state index contributed by atoms with van der Waals surface area (Å²) in [5, 5.41) is 12.5. The van der Waals surface area contributed by atoms with E-state index in [-0.39, 0.29) is 11.6 Å². The maximum atomic E-state index is 11.3. The van der Waals surface area contributed by atoms with Crippen molar-refractivity contribution in [3.05, 3.63) is 17.7 Å². The number of carbonyl (C=O) groups is 1. The van der Waals surface area contributed by atoms with Gasteiger partial charge in [-0.15, -0.1) is 0 Å². The third kappa shape index (κ3) is 2.92. The molecule has 0 radical (unpaired) electrons. The fraction of sp³-hybridized carbons (Fsp3) is 0.667. The second-order valence-corrected chi connectivity index (χ2v) is 6.32. The molecule has 2 N–H and O–H groups in total. The SMILES string of the molecule is CC(C)c1ncc(NCC2(C(C)C)CC2)c(C(=O)O)n1. The Kier molecular flexibility index (Phi) is 3.97. The van der Waals surface area contributed by atoms with Crippen molar-refractivity contribution < 1.29 is 9.90 Å². The van der Waals surface area contributed by atoms with Gasteiger partial charge in [0.1, 0.15) is 5.82 Å². The van der Waals surface area contributed by atoms with Crippen LogP contribution in [0.15, 0.2) is 6.20 Å². The van der Waals surface area contributed by atoms with E-state index in [1.54, 1.807) is 6.20 Å². The van der Waals surface area contributed by atoms with Crippen molar-refractivity contribution in [2.45, 2.75) is 46.5 Å². The lowest BCUT2D eigenvalue weighted by molar-refractivity contribution is 0.0691. The van der Waals surface area contributed by atoms with Crippen molar-refractivity contribution in [2.75, 3.05) is 11.9 Å². The first-order valence-corrected chi connectivity index (χ1v) is 7.20. The molecule has 2 rings (SSSR count). The minimum absolute atomic E-state index is 0.0725. The van der Waals surface area contributed by atoms with Crippen LogP contribution in [0.25, 0.3) is 0 Å². The molecule has 0 atom stereocenters. The fourth-order valence-electron chi connectivity index (χ4n) is 2.36. The normalized spacial score (nSPS) is 16.5. The van der Waals surface area contributed by atoms with Crippen molar-refractivity contribution in [3.63, 3.8) is 0 Å². The van der Waals surface area contributed by atoms with Crippen LogP contribution in [0.2, 0.25) is 0 Å². The van der Waals surface area contributed by atoms with E-state index < -0.39 is 5.97 Å². The standard InChI is InChI=1S/C15H23N3O2/c1-9(2)13-16-7-11(12(18-13)14(19)20)17-8-15(5-6-15)10(3)4/h7,9-10,17H,5-6,8H2,1-4H3,(H,19,20). The molecule has 0 saturated heterocycles. The minimum Gasteiger partial charge on any atom is -0.476 e. The summed E-state index contributed by atoms with van der Waals surface area (Å²) in [6.45, 7) is 9.11. The van der Waals surface area contributed by atoms with Gasteiger partial charge in [0.25, 0.3) is 0 Å². The number of aromatic carboxylic acids is 1. The third-order valence-electron chi connectivity index (χ3n) is 4.27. The molecule has 0 amide bonds. The number of rotatable bonds is 6. The summed E-state index contributed by atoms with van der Waals surface area (Å²) in [5.74, 6) is 0.274. The highest BCUT2D eigenvalue weighted by atomic mass is 16.4. The van der Waals surface area contributed by atoms with Crippen LogP contribution in [0.5, 0.6) is 0 Å². The molecule has 1 fully saturated rings. The molecule has 1 saturated carbocycles. The lowest BCUT2D eigenvalue weighted by atomic mass is 9.92. The Hall–Kier alpha value is -1.65. The van der Waals surface area contributed by atoms with Gasteiger partial charge in [0, 0.05) is 12.5 Å². The van der Waals surface area contributed by atoms with Crippen molar-refractivity contribution in [2.24, 2.45) is 11.3 Å². The van der Waals surface area contributed by atoms with Crippen LogP contribution in [-0.2, 0) is 0 Å². The molecular weight excluding hydrogens is 254 g/mol. The van der Waals surface area contributed by atoms with E-state index in [9.17, 15) is 9.90 Å². The van der Waals surface area contributed by atoms with E-state index in [1.807, 2.05) is 13.8 Å². The van der Waals surface area contributed by atoms with Crippen LogP contribution >= 0.6 is 0 Å². The van der Waals surface area contributed by atoms with E-state index in [1.165, 1.54) is 12.8 Å². The van der Waals surface area contributed by atoms with Gasteiger partial charge in [-0.05, 0) is 24.2 Å². The molecular formula is C15H23N3O2. The second kappa shape index (κ2) is 5.38. The molecule has 1 aromatic heterocycles. The predicted octanol–water partition coefficient (Wildman–Crippen LogP) is 3.15. The maximum absolute atomic E-state index is 11.3. The number of nitrogens with one attached hydrogen (secondary N) is 1. The summed E-state index contributed by atoms with van der Waals surface area (Å²) in [7, 11) is 0. The highest BCUT2D eigenvalue weighted by Gasteiger charge is 2.45. The van der Waals surface area contributed by atoms with Gasteiger partial charge in [0.2, 0.25) is 0 Å². The number of hydrogen-bond donors (Lipinski definition) is 2. The van der Waals surface area contributed by atoms with Crippen LogP contribution in [0.3, 0.4) is 0 Å². The van der Waals surface area contributed by atoms with Crippen molar-refractivity contribution in [3.8, 4) is 0 Å². The number of carboxylic acid groups (broad SMARTS) is 1. The van der Waals surface area contributed by atoms with E-state index in [0.29, 0.717) is 22.8 Å². The highest BCUT2D eigenvalue weighted by molar-refractivity contribution is 5.91. The maximum Gasteiger partial charge on any atom is 0.356 e. The smallest absolute Gasteiger partial charge is 0.356 e. The fourth-order valence-corrected chi connectivity index (χ4v) is 2.36. The van der Waals surface area contributed by atoms with Crippen LogP contribution in [-0.4, -0.2) is 27.6 Å². The molecule has 1 aromatic rings. The van der Waals surface area contributed by atoms with Gasteiger partial charge in [0.15, 0.2) is 5.69 Å². The molecule has 1 heterocycles. The summed E-state index contributed by atoms with van der Waals surface area (Å²) in [6, 6.07) is 0. The van der Waals surface area contributed by atoms with Gasteiger partial charge < -0.3 is 10.4 Å². The molecule has 1 aliphatic rings. The number of hydrogen-bond acceptors (Lipinski definition) is 4.